The molecule has 27 heavy (non-hydrogen) atoms. The van der Waals surface area contributed by atoms with Gasteiger partial charge in [-0.05, 0) is 61.7 Å². The zero-order valence-corrected chi connectivity index (χ0v) is 16.1. The molecule has 0 atom stereocenters. The fourth-order valence-corrected chi connectivity index (χ4v) is 3.61. The average molecular weight is 388 g/mol. The summed E-state index contributed by atoms with van der Waals surface area (Å²) in [6.45, 7) is 2.78. The summed E-state index contributed by atoms with van der Waals surface area (Å²) in [4.78, 5) is 12.1. The number of anilines is 1. The van der Waals surface area contributed by atoms with E-state index in [4.69, 9.17) is 4.74 Å². The summed E-state index contributed by atoms with van der Waals surface area (Å²) < 4.78 is 30.1. The van der Waals surface area contributed by atoms with Crippen LogP contribution in [0.25, 0.3) is 0 Å². The Labute approximate surface area is 159 Å². The van der Waals surface area contributed by atoms with Crippen LogP contribution in [0.3, 0.4) is 0 Å². The van der Waals surface area contributed by atoms with Gasteiger partial charge < -0.3 is 15.4 Å². The first-order chi connectivity index (χ1) is 13.0. The number of amides is 1. The van der Waals surface area contributed by atoms with E-state index >= 15 is 0 Å². The van der Waals surface area contributed by atoms with Gasteiger partial charge in [0.1, 0.15) is 16.4 Å². The highest BCUT2D eigenvalue weighted by Gasteiger charge is 2.20. The lowest BCUT2D eigenvalue weighted by Crippen LogP contribution is -2.29. The highest BCUT2D eigenvalue weighted by molar-refractivity contribution is 7.91. The number of rotatable bonds is 9. The molecule has 2 N–H and O–H groups in total. The minimum absolute atomic E-state index is 0.00707. The van der Waals surface area contributed by atoms with Gasteiger partial charge in [-0.1, -0.05) is 19.1 Å². The van der Waals surface area contributed by atoms with Gasteiger partial charge in [0, 0.05) is 5.69 Å². The third-order valence-electron chi connectivity index (χ3n) is 4.35. The van der Waals surface area contributed by atoms with E-state index in [0.717, 1.165) is 12.5 Å². The standard InChI is InChI=1S/C20H24N2O4S/c1-2-27(24,25)19-6-4-3-5-18(19)26-17-11-9-16(10-12-17)22-20(23)14-21-13-15-7-8-15/h3-6,9-12,15,21H,2,7-8,13-14H2,1H3,(H,22,23). The lowest BCUT2D eigenvalue weighted by molar-refractivity contribution is -0.115. The Morgan fingerprint density at radius 3 is 2.48 bits per heavy atom. The highest BCUT2D eigenvalue weighted by atomic mass is 32.2. The number of sulfone groups is 1. The summed E-state index contributed by atoms with van der Waals surface area (Å²) in [7, 11) is -3.37. The van der Waals surface area contributed by atoms with Crippen molar-refractivity contribution in [2.75, 3.05) is 24.2 Å². The van der Waals surface area contributed by atoms with E-state index in [2.05, 4.69) is 10.6 Å². The van der Waals surface area contributed by atoms with E-state index in [1.54, 1.807) is 49.4 Å². The molecule has 1 fully saturated rings. The maximum absolute atomic E-state index is 12.2. The molecule has 1 amide bonds. The third kappa shape index (κ3) is 5.55. The van der Waals surface area contributed by atoms with E-state index in [1.807, 2.05) is 0 Å². The van der Waals surface area contributed by atoms with Crippen LogP contribution in [0, 0.1) is 5.92 Å². The smallest absolute Gasteiger partial charge is 0.238 e. The number of hydrogen-bond acceptors (Lipinski definition) is 5. The van der Waals surface area contributed by atoms with Gasteiger partial charge in [0.25, 0.3) is 0 Å². The lowest BCUT2D eigenvalue weighted by atomic mass is 10.3. The average Bonchev–Trinajstić information content (AvgIpc) is 3.48. The molecule has 1 saturated carbocycles. The Morgan fingerprint density at radius 2 is 1.81 bits per heavy atom. The second-order valence-electron chi connectivity index (χ2n) is 6.60. The van der Waals surface area contributed by atoms with Gasteiger partial charge in [0.2, 0.25) is 5.91 Å². The van der Waals surface area contributed by atoms with Crippen molar-refractivity contribution in [2.24, 2.45) is 5.92 Å². The fraction of sp³-hybridized carbons (Fsp3) is 0.350. The second kappa shape index (κ2) is 8.54. The van der Waals surface area contributed by atoms with Gasteiger partial charge >= 0.3 is 0 Å². The van der Waals surface area contributed by atoms with Crippen LogP contribution in [0.1, 0.15) is 19.8 Å². The summed E-state index contributed by atoms with van der Waals surface area (Å²) >= 11 is 0. The number of para-hydroxylation sites is 1. The van der Waals surface area contributed by atoms with Gasteiger partial charge in [-0.25, -0.2) is 8.42 Å². The van der Waals surface area contributed by atoms with Gasteiger partial charge in [-0.2, -0.15) is 0 Å². The van der Waals surface area contributed by atoms with Crippen molar-refractivity contribution in [1.82, 2.24) is 5.32 Å². The van der Waals surface area contributed by atoms with Crippen molar-refractivity contribution < 1.29 is 17.9 Å². The molecule has 3 rings (SSSR count). The van der Waals surface area contributed by atoms with Crippen molar-refractivity contribution in [3.05, 3.63) is 48.5 Å². The van der Waals surface area contributed by atoms with Crippen molar-refractivity contribution >= 4 is 21.4 Å². The summed E-state index contributed by atoms with van der Waals surface area (Å²) in [6, 6.07) is 13.4. The number of hydrogen-bond donors (Lipinski definition) is 2. The van der Waals surface area contributed by atoms with Crippen molar-refractivity contribution in [2.45, 2.75) is 24.7 Å². The van der Waals surface area contributed by atoms with Gasteiger partial charge in [0.15, 0.2) is 9.84 Å². The third-order valence-corrected chi connectivity index (χ3v) is 6.11. The topological polar surface area (TPSA) is 84.5 Å². The molecule has 0 saturated heterocycles. The molecule has 0 bridgehead atoms. The highest BCUT2D eigenvalue weighted by Crippen LogP contribution is 2.30. The molecular formula is C20H24N2O4S. The van der Waals surface area contributed by atoms with E-state index < -0.39 is 9.84 Å². The Morgan fingerprint density at radius 1 is 1.11 bits per heavy atom. The first-order valence-electron chi connectivity index (χ1n) is 9.08. The maximum Gasteiger partial charge on any atom is 0.238 e. The Balaban J connectivity index is 1.60. The molecule has 0 heterocycles. The molecular weight excluding hydrogens is 364 g/mol. The van der Waals surface area contributed by atoms with Gasteiger partial charge in [0.05, 0.1) is 12.3 Å². The van der Waals surface area contributed by atoms with Gasteiger partial charge in [-0.15, -0.1) is 0 Å². The van der Waals surface area contributed by atoms with E-state index in [0.29, 0.717) is 17.2 Å². The minimum Gasteiger partial charge on any atom is -0.456 e. The maximum atomic E-state index is 12.2. The largest absolute Gasteiger partial charge is 0.456 e. The van der Waals surface area contributed by atoms with E-state index in [-0.39, 0.29) is 23.1 Å². The van der Waals surface area contributed by atoms with E-state index in [1.165, 1.54) is 18.9 Å². The normalized spacial score (nSPS) is 14.0. The van der Waals surface area contributed by atoms with Crippen LogP contribution in [0.4, 0.5) is 5.69 Å². The molecule has 1 aliphatic carbocycles. The minimum atomic E-state index is -3.37. The second-order valence-corrected chi connectivity index (χ2v) is 8.85. The SMILES string of the molecule is CCS(=O)(=O)c1ccccc1Oc1ccc(NC(=O)CNCC2CC2)cc1. The zero-order valence-electron chi connectivity index (χ0n) is 15.3. The quantitative estimate of drug-likeness (QED) is 0.689. The van der Waals surface area contributed by atoms with Crippen LogP contribution in [-0.2, 0) is 14.6 Å². The summed E-state index contributed by atoms with van der Waals surface area (Å²) in [5, 5.41) is 5.96. The monoisotopic (exact) mass is 388 g/mol. The molecule has 0 radical (unpaired) electrons. The fourth-order valence-electron chi connectivity index (χ4n) is 2.60. The van der Waals surface area contributed by atoms with Crippen molar-refractivity contribution in [3.63, 3.8) is 0 Å². The Kier molecular flexibility index (Phi) is 6.13. The Bertz CT molecular complexity index is 890. The first kappa shape index (κ1) is 19.4. The molecule has 6 nitrogen and oxygen atoms in total. The van der Waals surface area contributed by atoms with Crippen LogP contribution in [0.15, 0.2) is 53.4 Å². The summed E-state index contributed by atoms with van der Waals surface area (Å²) in [6.07, 6.45) is 2.50. The molecule has 0 aliphatic heterocycles. The number of ether oxygens (including phenoxy) is 1. The number of nitrogens with one attached hydrogen (secondary N) is 2. The molecule has 7 heteroatoms. The van der Waals surface area contributed by atoms with Crippen molar-refractivity contribution in [3.8, 4) is 11.5 Å². The molecule has 0 aromatic heterocycles. The number of carbonyl (C=O) groups excluding carboxylic acids is 1. The number of benzene rings is 2. The summed E-state index contributed by atoms with van der Waals surface area (Å²) in [5.41, 5.74) is 0.662. The van der Waals surface area contributed by atoms with Crippen LogP contribution in [0.2, 0.25) is 0 Å². The summed E-state index contributed by atoms with van der Waals surface area (Å²) in [5.74, 6) is 1.43. The predicted octanol–water partition coefficient (Wildman–Crippen LogP) is 3.21. The first-order valence-corrected chi connectivity index (χ1v) is 10.7. The molecule has 2 aromatic carbocycles. The van der Waals surface area contributed by atoms with Crippen LogP contribution in [-0.4, -0.2) is 33.2 Å². The van der Waals surface area contributed by atoms with Gasteiger partial charge in [-0.3, -0.25) is 4.79 Å². The lowest BCUT2D eigenvalue weighted by Gasteiger charge is -2.12. The van der Waals surface area contributed by atoms with E-state index in [9.17, 15) is 13.2 Å². The molecule has 0 unspecified atom stereocenters. The number of carbonyl (C=O) groups is 1. The molecule has 1 aliphatic rings. The zero-order chi connectivity index (χ0) is 19.3. The van der Waals surface area contributed by atoms with Crippen LogP contribution < -0.4 is 15.4 Å². The molecule has 144 valence electrons. The van der Waals surface area contributed by atoms with Crippen LogP contribution >= 0.6 is 0 Å². The predicted molar refractivity (Wildman–Crippen MR) is 105 cm³/mol. The Hall–Kier alpha value is -2.38. The van der Waals surface area contributed by atoms with Crippen molar-refractivity contribution in [1.29, 1.82) is 0 Å². The molecule has 2 aromatic rings. The van der Waals surface area contributed by atoms with Crippen LogP contribution in [0.5, 0.6) is 11.5 Å². The molecule has 0 spiro atoms.